The average molecular weight is 220 g/mol. The van der Waals surface area contributed by atoms with Crippen LogP contribution in [0.2, 0.25) is 0 Å². The number of aromatic nitrogens is 4. The third kappa shape index (κ3) is 2.59. The number of nitrogens with zero attached hydrogens (tertiary/aromatic N) is 4. The van der Waals surface area contributed by atoms with Crippen molar-refractivity contribution in [1.29, 1.82) is 5.26 Å². The Morgan fingerprint density at radius 1 is 1.53 bits per heavy atom. The number of aromatic amines is 1. The van der Waals surface area contributed by atoms with E-state index in [4.69, 9.17) is 5.26 Å². The summed E-state index contributed by atoms with van der Waals surface area (Å²) in [5.41, 5.74) is 0.705. The Kier molecular flexibility index (Phi) is 3.02. The summed E-state index contributed by atoms with van der Waals surface area (Å²) in [5.74, 6) is 0.632. The maximum Gasteiger partial charge on any atom is 0.188 e. The first-order valence-corrected chi connectivity index (χ1v) is 5.17. The minimum absolute atomic E-state index is 0.566. The molecule has 0 atom stereocenters. The van der Waals surface area contributed by atoms with Crippen LogP contribution in [0.3, 0.4) is 0 Å². The molecular formula is C8H8N6S. The van der Waals surface area contributed by atoms with Crippen LogP contribution in [0, 0.1) is 11.3 Å². The van der Waals surface area contributed by atoms with Gasteiger partial charge < -0.3 is 5.32 Å². The Balaban J connectivity index is 1.81. The van der Waals surface area contributed by atoms with E-state index in [1.165, 1.54) is 0 Å². The van der Waals surface area contributed by atoms with Crippen molar-refractivity contribution in [1.82, 2.24) is 25.9 Å². The second-order valence-electron chi connectivity index (χ2n) is 2.85. The Bertz CT molecular complexity index is 454. The summed E-state index contributed by atoms with van der Waals surface area (Å²) >= 11 is 1.56. The molecule has 2 rings (SSSR count). The smallest absolute Gasteiger partial charge is 0.188 e. The van der Waals surface area contributed by atoms with Gasteiger partial charge in [-0.25, -0.2) is 0 Å². The summed E-state index contributed by atoms with van der Waals surface area (Å²) in [4.78, 5) is 1.12. The number of nitrogens with one attached hydrogen (secondary N) is 2. The van der Waals surface area contributed by atoms with Crippen LogP contribution in [0.15, 0.2) is 11.4 Å². The predicted molar refractivity (Wildman–Crippen MR) is 53.8 cm³/mol. The monoisotopic (exact) mass is 220 g/mol. The second-order valence-corrected chi connectivity index (χ2v) is 3.84. The largest absolute Gasteiger partial charge is 0.305 e. The fraction of sp³-hybridized carbons (Fsp3) is 0.250. The minimum atomic E-state index is 0.566. The molecular weight excluding hydrogens is 212 g/mol. The van der Waals surface area contributed by atoms with Crippen molar-refractivity contribution < 1.29 is 0 Å². The topological polar surface area (TPSA) is 90.3 Å². The van der Waals surface area contributed by atoms with E-state index in [2.05, 4.69) is 32.0 Å². The molecule has 0 amide bonds. The number of thiophene rings is 1. The highest BCUT2D eigenvalue weighted by Crippen LogP contribution is 2.13. The zero-order valence-electron chi connectivity index (χ0n) is 7.77. The van der Waals surface area contributed by atoms with Gasteiger partial charge in [-0.15, -0.1) is 21.5 Å². The molecule has 76 valence electrons. The lowest BCUT2D eigenvalue weighted by atomic mass is 10.3. The van der Waals surface area contributed by atoms with E-state index in [0.717, 1.165) is 4.88 Å². The first kappa shape index (κ1) is 9.76. The zero-order chi connectivity index (χ0) is 10.5. The van der Waals surface area contributed by atoms with Gasteiger partial charge in [0.1, 0.15) is 6.07 Å². The maximum atomic E-state index is 8.63. The van der Waals surface area contributed by atoms with Crippen molar-refractivity contribution in [2.75, 3.05) is 0 Å². The van der Waals surface area contributed by atoms with Gasteiger partial charge in [0.15, 0.2) is 5.82 Å². The SMILES string of the molecule is N#Cc1csc(CNCc2nn[nH]n2)c1. The zero-order valence-corrected chi connectivity index (χ0v) is 8.58. The van der Waals surface area contributed by atoms with Gasteiger partial charge in [0.25, 0.3) is 0 Å². The van der Waals surface area contributed by atoms with Crippen LogP contribution >= 0.6 is 11.3 Å². The molecule has 0 unspecified atom stereocenters. The van der Waals surface area contributed by atoms with E-state index < -0.39 is 0 Å². The first-order valence-electron chi connectivity index (χ1n) is 4.29. The summed E-state index contributed by atoms with van der Waals surface area (Å²) < 4.78 is 0. The number of hydrogen-bond donors (Lipinski definition) is 2. The van der Waals surface area contributed by atoms with Crippen molar-refractivity contribution >= 4 is 11.3 Å². The van der Waals surface area contributed by atoms with Crippen LogP contribution in [0.5, 0.6) is 0 Å². The third-order valence-electron chi connectivity index (χ3n) is 1.75. The van der Waals surface area contributed by atoms with Gasteiger partial charge in [-0.2, -0.15) is 10.5 Å². The van der Waals surface area contributed by atoms with E-state index in [-0.39, 0.29) is 0 Å². The molecule has 15 heavy (non-hydrogen) atoms. The lowest BCUT2D eigenvalue weighted by Gasteiger charge is -1.97. The van der Waals surface area contributed by atoms with Gasteiger partial charge in [0.2, 0.25) is 0 Å². The fourth-order valence-corrected chi connectivity index (χ4v) is 1.87. The summed E-state index contributed by atoms with van der Waals surface area (Å²) in [7, 11) is 0. The molecule has 0 spiro atoms. The highest BCUT2D eigenvalue weighted by atomic mass is 32.1. The third-order valence-corrected chi connectivity index (χ3v) is 2.69. The average Bonchev–Trinajstić information content (AvgIpc) is 2.88. The van der Waals surface area contributed by atoms with Crippen LogP contribution < -0.4 is 5.32 Å². The molecule has 0 aliphatic rings. The van der Waals surface area contributed by atoms with Crippen molar-refractivity contribution in [2.24, 2.45) is 0 Å². The van der Waals surface area contributed by atoms with Gasteiger partial charge in [0, 0.05) is 16.8 Å². The van der Waals surface area contributed by atoms with Crippen LogP contribution in [0.25, 0.3) is 0 Å². The summed E-state index contributed by atoms with van der Waals surface area (Å²) in [5, 5.41) is 27.1. The Morgan fingerprint density at radius 2 is 2.47 bits per heavy atom. The van der Waals surface area contributed by atoms with Crippen LogP contribution in [-0.2, 0) is 13.1 Å². The molecule has 0 bridgehead atoms. The van der Waals surface area contributed by atoms with Crippen LogP contribution in [0.4, 0.5) is 0 Å². The number of rotatable bonds is 4. The standard InChI is InChI=1S/C8H8N6S/c9-2-6-1-7(15-5-6)3-10-4-8-11-13-14-12-8/h1,5,10H,3-4H2,(H,11,12,13,14). The molecule has 0 saturated heterocycles. The van der Waals surface area contributed by atoms with Gasteiger partial charge in [0.05, 0.1) is 12.1 Å². The van der Waals surface area contributed by atoms with Gasteiger partial charge in [-0.1, -0.05) is 5.21 Å². The van der Waals surface area contributed by atoms with Crippen LogP contribution in [-0.4, -0.2) is 20.6 Å². The van der Waals surface area contributed by atoms with E-state index in [1.54, 1.807) is 11.3 Å². The molecule has 2 N–H and O–H groups in total. The van der Waals surface area contributed by atoms with Crippen molar-refractivity contribution in [3.05, 3.63) is 27.7 Å². The number of tetrazole rings is 1. The molecule has 2 aromatic rings. The molecule has 0 aliphatic heterocycles. The number of nitriles is 1. The van der Waals surface area contributed by atoms with Crippen molar-refractivity contribution in [3.8, 4) is 6.07 Å². The lowest BCUT2D eigenvalue weighted by molar-refractivity contribution is 0.669. The van der Waals surface area contributed by atoms with E-state index >= 15 is 0 Å². The van der Waals surface area contributed by atoms with Crippen molar-refractivity contribution in [2.45, 2.75) is 13.1 Å². The minimum Gasteiger partial charge on any atom is -0.305 e. The van der Waals surface area contributed by atoms with E-state index in [0.29, 0.717) is 24.5 Å². The Labute approximate surface area is 89.9 Å². The fourth-order valence-electron chi connectivity index (χ4n) is 1.09. The quantitative estimate of drug-likeness (QED) is 0.779. The molecule has 7 heteroatoms. The summed E-state index contributed by atoms with van der Waals surface area (Å²) in [6.07, 6.45) is 0. The molecule has 6 nitrogen and oxygen atoms in total. The van der Waals surface area contributed by atoms with Crippen molar-refractivity contribution in [3.63, 3.8) is 0 Å². The van der Waals surface area contributed by atoms with Crippen LogP contribution in [0.1, 0.15) is 16.3 Å². The first-order chi connectivity index (χ1) is 7.38. The molecule has 2 heterocycles. The number of H-pyrrole nitrogens is 1. The molecule has 0 fully saturated rings. The highest BCUT2D eigenvalue weighted by molar-refractivity contribution is 7.10. The predicted octanol–water partition coefficient (Wildman–Crippen LogP) is 0.423. The second kappa shape index (κ2) is 4.63. The number of hydrogen-bond acceptors (Lipinski definition) is 6. The molecule has 0 aromatic carbocycles. The molecule has 0 saturated carbocycles. The Morgan fingerprint density at radius 3 is 3.13 bits per heavy atom. The molecule has 2 aromatic heterocycles. The lowest BCUT2D eigenvalue weighted by Crippen LogP contribution is -2.12. The van der Waals surface area contributed by atoms with E-state index in [1.807, 2.05) is 11.4 Å². The molecule has 0 aliphatic carbocycles. The summed E-state index contributed by atoms with van der Waals surface area (Å²) in [6.45, 7) is 1.27. The Hall–Kier alpha value is -1.78. The summed E-state index contributed by atoms with van der Waals surface area (Å²) in [6, 6.07) is 3.96. The van der Waals surface area contributed by atoms with Gasteiger partial charge >= 0.3 is 0 Å². The normalized spacial score (nSPS) is 10.1. The highest BCUT2D eigenvalue weighted by Gasteiger charge is 2.00. The van der Waals surface area contributed by atoms with E-state index in [9.17, 15) is 0 Å². The maximum absolute atomic E-state index is 8.63. The molecule has 0 radical (unpaired) electrons. The van der Waals surface area contributed by atoms with Gasteiger partial charge in [-0.3, -0.25) is 0 Å². The van der Waals surface area contributed by atoms with Gasteiger partial charge in [-0.05, 0) is 6.07 Å².